The standard InChI is InChI=1S/C21H21N5O2S/c1-13(20(28)23-16-11-9-14(10-12-16)18(22)27)29-21-25-24-19(15-7-8-15)26(21)17-5-3-2-4-6-17/h2-6,9-13,15H,7-8H2,1H3,(H2,22,27)(H,23,28). The highest BCUT2D eigenvalue weighted by molar-refractivity contribution is 8.00. The number of nitrogens with two attached hydrogens (primary N) is 1. The third-order valence-corrected chi connectivity index (χ3v) is 5.75. The number of thioether (sulfide) groups is 1. The number of benzene rings is 2. The van der Waals surface area contributed by atoms with E-state index in [9.17, 15) is 9.59 Å². The van der Waals surface area contributed by atoms with Gasteiger partial charge in [0.25, 0.3) is 0 Å². The first-order valence-electron chi connectivity index (χ1n) is 9.41. The van der Waals surface area contributed by atoms with E-state index >= 15 is 0 Å². The van der Waals surface area contributed by atoms with E-state index in [-0.39, 0.29) is 11.2 Å². The number of amides is 2. The minimum Gasteiger partial charge on any atom is -0.366 e. The smallest absolute Gasteiger partial charge is 0.248 e. The van der Waals surface area contributed by atoms with Crippen molar-refractivity contribution >= 4 is 29.3 Å². The van der Waals surface area contributed by atoms with Gasteiger partial charge in [-0.15, -0.1) is 10.2 Å². The number of rotatable bonds is 7. The Morgan fingerprint density at radius 2 is 1.79 bits per heavy atom. The van der Waals surface area contributed by atoms with Crippen molar-refractivity contribution < 1.29 is 9.59 Å². The molecule has 8 heteroatoms. The maximum atomic E-state index is 12.7. The van der Waals surface area contributed by atoms with Crippen molar-refractivity contribution in [3.05, 3.63) is 66.0 Å². The van der Waals surface area contributed by atoms with Crippen molar-refractivity contribution in [2.75, 3.05) is 5.32 Å². The zero-order valence-electron chi connectivity index (χ0n) is 15.9. The summed E-state index contributed by atoms with van der Waals surface area (Å²) in [6, 6.07) is 16.5. The molecule has 1 atom stereocenters. The van der Waals surface area contributed by atoms with Crippen LogP contribution in [0.2, 0.25) is 0 Å². The molecule has 148 valence electrons. The fourth-order valence-corrected chi connectivity index (χ4v) is 3.83. The first-order chi connectivity index (χ1) is 14.0. The van der Waals surface area contributed by atoms with Crippen LogP contribution in [0.25, 0.3) is 5.69 Å². The van der Waals surface area contributed by atoms with Gasteiger partial charge in [0.1, 0.15) is 5.82 Å². The van der Waals surface area contributed by atoms with E-state index in [1.807, 2.05) is 41.8 Å². The van der Waals surface area contributed by atoms with E-state index in [1.165, 1.54) is 11.8 Å². The number of anilines is 1. The van der Waals surface area contributed by atoms with Gasteiger partial charge < -0.3 is 11.1 Å². The lowest BCUT2D eigenvalue weighted by Gasteiger charge is -2.14. The largest absolute Gasteiger partial charge is 0.366 e. The normalized spacial score (nSPS) is 14.4. The van der Waals surface area contributed by atoms with Gasteiger partial charge in [-0.05, 0) is 56.2 Å². The number of nitrogens with one attached hydrogen (secondary N) is 1. The van der Waals surface area contributed by atoms with Crippen molar-refractivity contribution in [2.24, 2.45) is 5.73 Å². The third-order valence-electron chi connectivity index (χ3n) is 4.70. The summed E-state index contributed by atoms with van der Waals surface area (Å²) in [4.78, 5) is 23.8. The van der Waals surface area contributed by atoms with Crippen molar-refractivity contribution in [3.8, 4) is 5.69 Å². The molecule has 2 amide bonds. The van der Waals surface area contributed by atoms with Gasteiger partial charge in [-0.3, -0.25) is 14.2 Å². The zero-order valence-corrected chi connectivity index (χ0v) is 16.7. The monoisotopic (exact) mass is 407 g/mol. The second-order valence-corrected chi connectivity index (χ2v) is 8.28. The summed E-state index contributed by atoms with van der Waals surface area (Å²) >= 11 is 1.37. The van der Waals surface area contributed by atoms with Gasteiger partial charge in [0.2, 0.25) is 11.8 Å². The van der Waals surface area contributed by atoms with Crippen LogP contribution in [-0.2, 0) is 4.79 Å². The molecule has 3 N–H and O–H groups in total. The van der Waals surface area contributed by atoms with Crippen LogP contribution in [0.1, 0.15) is 41.9 Å². The second kappa shape index (κ2) is 8.08. The molecule has 3 aromatic rings. The number of nitrogens with zero attached hydrogens (tertiary/aromatic N) is 3. The minimum absolute atomic E-state index is 0.155. The Morgan fingerprint density at radius 1 is 1.10 bits per heavy atom. The molecule has 1 aliphatic rings. The SMILES string of the molecule is CC(Sc1nnc(C2CC2)n1-c1ccccc1)C(=O)Nc1ccc(C(N)=O)cc1. The summed E-state index contributed by atoms with van der Waals surface area (Å²) in [5.74, 6) is 0.731. The van der Waals surface area contributed by atoms with Crippen LogP contribution in [0.5, 0.6) is 0 Å². The second-order valence-electron chi connectivity index (χ2n) is 6.98. The van der Waals surface area contributed by atoms with E-state index in [0.29, 0.717) is 22.3 Å². The Kier molecular flexibility index (Phi) is 5.35. The van der Waals surface area contributed by atoms with E-state index < -0.39 is 5.91 Å². The molecular formula is C21H21N5O2S. The number of primary amides is 1. The van der Waals surface area contributed by atoms with Crippen LogP contribution < -0.4 is 11.1 Å². The highest BCUT2D eigenvalue weighted by atomic mass is 32.2. The Hall–Kier alpha value is -3.13. The van der Waals surface area contributed by atoms with Gasteiger partial charge in [0, 0.05) is 22.9 Å². The number of carbonyl (C=O) groups is 2. The predicted molar refractivity (Wildman–Crippen MR) is 112 cm³/mol. The number of carbonyl (C=O) groups excluding carboxylic acids is 2. The predicted octanol–water partition coefficient (Wildman–Crippen LogP) is 3.36. The lowest BCUT2D eigenvalue weighted by Crippen LogP contribution is -2.23. The molecule has 0 radical (unpaired) electrons. The summed E-state index contributed by atoms with van der Waals surface area (Å²) in [7, 11) is 0. The fraction of sp³-hybridized carbons (Fsp3) is 0.238. The Bertz CT molecular complexity index is 1030. The number of hydrogen-bond acceptors (Lipinski definition) is 5. The Morgan fingerprint density at radius 3 is 2.41 bits per heavy atom. The number of hydrogen-bond donors (Lipinski definition) is 2. The summed E-state index contributed by atoms with van der Waals surface area (Å²) in [6.45, 7) is 1.83. The van der Waals surface area contributed by atoms with Crippen LogP contribution in [0, 0.1) is 0 Å². The van der Waals surface area contributed by atoms with Crippen molar-refractivity contribution in [2.45, 2.75) is 36.1 Å². The molecule has 7 nitrogen and oxygen atoms in total. The van der Waals surface area contributed by atoms with Crippen LogP contribution >= 0.6 is 11.8 Å². The van der Waals surface area contributed by atoms with Gasteiger partial charge in [-0.25, -0.2) is 0 Å². The molecule has 1 fully saturated rings. The number of aromatic nitrogens is 3. The van der Waals surface area contributed by atoms with Crippen LogP contribution in [0.15, 0.2) is 59.8 Å². The van der Waals surface area contributed by atoms with Crippen molar-refractivity contribution in [1.82, 2.24) is 14.8 Å². The zero-order chi connectivity index (χ0) is 20.4. The molecule has 0 saturated heterocycles. The summed E-state index contributed by atoms with van der Waals surface area (Å²) in [5.41, 5.74) is 7.25. The molecule has 1 aromatic heterocycles. The van der Waals surface area contributed by atoms with Gasteiger partial charge in [0.15, 0.2) is 5.16 Å². The van der Waals surface area contributed by atoms with Crippen LogP contribution in [0.3, 0.4) is 0 Å². The lowest BCUT2D eigenvalue weighted by atomic mass is 10.2. The van der Waals surface area contributed by atoms with E-state index in [1.54, 1.807) is 24.3 Å². The molecular weight excluding hydrogens is 386 g/mol. The molecule has 1 unspecified atom stereocenters. The third kappa shape index (κ3) is 4.32. The maximum Gasteiger partial charge on any atom is 0.248 e. The van der Waals surface area contributed by atoms with Crippen LogP contribution in [-0.4, -0.2) is 31.8 Å². The first-order valence-corrected chi connectivity index (χ1v) is 10.3. The lowest BCUT2D eigenvalue weighted by molar-refractivity contribution is -0.115. The quantitative estimate of drug-likeness (QED) is 0.585. The topological polar surface area (TPSA) is 103 Å². The molecule has 0 spiro atoms. The highest BCUT2D eigenvalue weighted by Crippen LogP contribution is 2.41. The molecule has 2 aromatic carbocycles. The summed E-state index contributed by atoms with van der Waals surface area (Å²) in [6.07, 6.45) is 2.24. The average Bonchev–Trinajstić information content (AvgIpc) is 3.49. The first kappa shape index (κ1) is 19.2. The number of para-hydroxylation sites is 1. The van der Waals surface area contributed by atoms with Crippen molar-refractivity contribution in [1.29, 1.82) is 0 Å². The van der Waals surface area contributed by atoms with Crippen molar-refractivity contribution in [3.63, 3.8) is 0 Å². The van der Waals surface area contributed by atoms with Gasteiger partial charge in [0.05, 0.1) is 5.25 Å². The average molecular weight is 407 g/mol. The van der Waals surface area contributed by atoms with Gasteiger partial charge >= 0.3 is 0 Å². The summed E-state index contributed by atoms with van der Waals surface area (Å²) in [5, 5.41) is 11.9. The molecule has 1 heterocycles. The van der Waals surface area contributed by atoms with Gasteiger partial charge in [-0.1, -0.05) is 30.0 Å². The molecule has 0 bridgehead atoms. The molecule has 1 saturated carbocycles. The molecule has 4 rings (SSSR count). The van der Waals surface area contributed by atoms with E-state index in [2.05, 4.69) is 15.5 Å². The fourth-order valence-electron chi connectivity index (χ4n) is 2.96. The highest BCUT2D eigenvalue weighted by Gasteiger charge is 2.31. The minimum atomic E-state index is -0.501. The Balaban J connectivity index is 1.50. The molecule has 0 aliphatic heterocycles. The maximum absolute atomic E-state index is 12.7. The Labute approximate surface area is 172 Å². The van der Waals surface area contributed by atoms with E-state index in [4.69, 9.17) is 5.73 Å². The molecule has 1 aliphatic carbocycles. The van der Waals surface area contributed by atoms with E-state index in [0.717, 1.165) is 24.4 Å². The molecule has 29 heavy (non-hydrogen) atoms. The summed E-state index contributed by atoms with van der Waals surface area (Å²) < 4.78 is 2.05. The van der Waals surface area contributed by atoms with Gasteiger partial charge in [-0.2, -0.15) is 0 Å². The van der Waals surface area contributed by atoms with Crippen LogP contribution in [0.4, 0.5) is 5.69 Å².